The Morgan fingerprint density at radius 1 is 1.22 bits per heavy atom. The maximum atomic E-state index is 12.2. The average Bonchev–Trinajstić information content (AvgIpc) is 2.74. The van der Waals surface area contributed by atoms with Gasteiger partial charge in [0.2, 0.25) is 5.78 Å². The number of carbonyl (C=O) groups is 1. The molecule has 0 aromatic heterocycles. The highest BCUT2D eigenvalue weighted by molar-refractivity contribution is 5.99. The van der Waals surface area contributed by atoms with E-state index < -0.39 is 5.60 Å². The predicted molar refractivity (Wildman–Crippen MR) is 70.4 cm³/mol. The van der Waals surface area contributed by atoms with E-state index in [1.165, 1.54) is 17.5 Å². The van der Waals surface area contributed by atoms with Crippen molar-refractivity contribution < 1.29 is 9.53 Å². The second-order valence-corrected chi connectivity index (χ2v) is 5.38. The van der Waals surface area contributed by atoms with Crippen molar-refractivity contribution in [2.24, 2.45) is 0 Å². The average molecular weight is 242 g/mol. The van der Waals surface area contributed by atoms with E-state index in [-0.39, 0.29) is 11.7 Å². The Morgan fingerprint density at radius 2 is 2.00 bits per heavy atom. The van der Waals surface area contributed by atoms with E-state index in [1.54, 1.807) is 12.3 Å². The molecule has 1 heterocycles. The van der Waals surface area contributed by atoms with E-state index in [0.29, 0.717) is 0 Å². The fourth-order valence-corrected chi connectivity index (χ4v) is 3.23. The first kappa shape index (κ1) is 11.5. The van der Waals surface area contributed by atoms with Crippen molar-refractivity contribution in [2.45, 2.75) is 44.1 Å². The molecule has 0 bridgehead atoms. The molecule has 2 atom stereocenters. The van der Waals surface area contributed by atoms with Crippen LogP contribution in [-0.2, 0) is 9.53 Å². The van der Waals surface area contributed by atoms with Gasteiger partial charge in [-0.25, -0.2) is 0 Å². The maximum absolute atomic E-state index is 12.2. The molecule has 0 N–H and O–H groups in total. The molecule has 0 radical (unpaired) electrons. The Hall–Kier alpha value is -1.57. The lowest BCUT2D eigenvalue weighted by atomic mass is 9.70. The fraction of sp³-hybridized carbons (Fsp3) is 0.438. The molecule has 2 aliphatic rings. The number of ether oxygens (including phenoxy) is 1. The van der Waals surface area contributed by atoms with Crippen LogP contribution in [0.5, 0.6) is 0 Å². The summed E-state index contributed by atoms with van der Waals surface area (Å²) in [5, 5.41) is 0. The molecule has 94 valence electrons. The lowest BCUT2D eigenvalue weighted by Gasteiger charge is -2.39. The van der Waals surface area contributed by atoms with Gasteiger partial charge in [-0.3, -0.25) is 4.79 Å². The zero-order chi connectivity index (χ0) is 12.6. The smallest absolute Gasteiger partial charge is 0.202 e. The van der Waals surface area contributed by atoms with Crippen molar-refractivity contribution in [3.8, 4) is 0 Å². The number of ketones is 1. The Balaban J connectivity index is 1.98. The second kappa shape index (κ2) is 4.27. The normalized spacial score (nSPS) is 30.7. The van der Waals surface area contributed by atoms with Crippen molar-refractivity contribution in [3.63, 3.8) is 0 Å². The maximum Gasteiger partial charge on any atom is 0.202 e. The van der Waals surface area contributed by atoms with Gasteiger partial charge < -0.3 is 4.74 Å². The summed E-state index contributed by atoms with van der Waals surface area (Å²) >= 11 is 0. The van der Waals surface area contributed by atoms with Crippen molar-refractivity contribution in [2.75, 3.05) is 0 Å². The van der Waals surface area contributed by atoms with Gasteiger partial charge in [-0.15, -0.1) is 0 Å². The highest BCUT2D eigenvalue weighted by Gasteiger charge is 2.50. The summed E-state index contributed by atoms with van der Waals surface area (Å²) in [7, 11) is 0. The van der Waals surface area contributed by atoms with Crippen LogP contribution in [-0.4, -0.2) is 11.4 Å². The van der Waals surface area contributed by atoms with E-state index in [0.717, 1.165) is 19.3 Å². The standard InChI is InChI=1S/C16H18O2/c1-12-5-7-13(8-6-12)14-4-2-3-10-16(14)15(17)9-11-18-16/h5-9,11,14H,2-4,10H2,1H3. The van der Waals surface area contributed by atoms with Crippen LogP contribution in [0.15, 0.2) is 36.6 Å². The zero-order valence-corrected chi connectivity index (χ0v) is 10.7. The molecule has 1 aliphatic heterocycles. The Morgan fingerprint density at radius 3 is 2.67 bits per heavy atom. The summed E-state index contributed by atoms with van der Waals surface area (Å²) in [6, 6.07) is 8.51. The van der Waals surface area contributed by atoms with Gasteiger partial charge in [-0.2, -0.15) is 0 Å². The fourth-order valence-electron chi connectivity index (χ4n) is 3.23. The monoisotopic (exact) mass is 242 g/mol. The quantitative estimate of drug-likeness (QED) is 0.753. The molecule has 2 nitrogen and oxygen atoms in total. The Kier molecular flexibility index (Phi) is 2.73. The molecule has 2 heteroatoms. The second-order valence-electron chi connectivity index (χ2n) is 5.38. The number of benzene rings is 1. The van der Waals surface area contributed by atoms with Crippen LogP contribution in [0.1, 0.15) is 42.7 Å². The zero-order valence-electron chi connectivity index (χ0n) is 10.7. The van der Waals surface area contributed by atoms with Gasteiger partial charge in [0.15, 0.2) is 5.60 Å². The van der Waals surface area contributed by atoms with Gasteiger partial charge in [0, 0.05) is 12.0 Å². The van der Waals surface area contributed by atoms with Crippen LogP contribution in [0.25, 0.3) is 0 Å². The molecule has 1 aromatic rings. The molecule has 1 saturated carbocycles. The number of rotatable bonds is 1. The highest BCUT2D eigenvalue weighted by Crippen LogP contribution is 2.46. The van der Waals surface area contributed by atoms with Crippen LogP contribution < -0.4 is 0 Å². The van der Waals surface area contributed by atoms with E-state index in [1.807, 2.05) is 0 Å². The molecular weight excluding hydrogens is 224 g/mol. The molecule has 1 aromatic carbocycles. The third kappa shape index (κ3) is 1.67. The summed E-state index contributed by atoms with van der Waals surface area (Å²) < 4.78 is 5.76. The number of hydrogen-bond acceptors (Lipinski definition) is 2. The highest BCUT2D eigenvalue weighted by atomic mass is 16.5. The van der Waals surface area contributed by atoms with Gasteiger partial charge >= 0.3 is 0 Å². The van der Waals surface area contributed by atoms with E-state index in [4.69, 9.17) is 4.74 Å². The molecule has 1 spiro atoms. The van der Waals surface area contributed by atoms with Crippen LogP contribution in [0.4, 0.5) is 0 Å². The van der Waals surface area contributed by atoms with E-state index in [2.05, 4.69) is 31.2 Å². The van der Waals surface area contributed by atoms with Crippen molar-refractivity contribution in [3.05, 3.63) is 47.7 Å². The number of carbonyl (C=O) groups excluding carboxylic acids is 1. The number of hydrogen-bond donors (Lipinski definition) is 0. The van der Waals surface area contributed by atoms with E-state index in [9.17, 15) is 4.79 Å². The van der Waals surface area contributed by atoms with Gasteiger partial charge in [-0.05, 0) is 31.7 Å². The van der Waals surface area contributed by atoms with Crippen LogP contribution in [0, 0.1) is 6.92 Å². The molecule has 3 rings (SSSR count). The van der Waals surface area contributed by atoms with Crippen LogP contribution >= 0.6 is 0 Å². The van der Waals surface area contributed by atoms with Crippen molar-refractivity contribution >= 4 is 5.78 Å². The van der Waals surface area contributed by atoms with Crippen LogP contribution in [0.3, 0.4) is 0 Å². The van der Waals surface area contributed by atoms with E-state index >= 15 is 0 Å². The van der Waals surface area contributed by atoms with Crippen molar-refractivity contribution in [1.82, 2.24) is 0 Å². The summed E-state index contributed by atoms with van der Waals surface area (Å²) in [6.45, 7) is 2.08. The topological polar surface area (TPSA) is 26.3 Å². The molecular formula is C16H18O2. The first-order valence-electron chi connectivity index (χ1n) is 6.68. The molecule has 1 fully saturated rings. The molecule has 1 aliphatic carbocycles. The summed E-state index contributed by atoms with van der Waals surface area (Å²) in [5.41, 5.74) is 1.88. The lowest BCUT2D eigenvalue weighted by Crippen LogP contribution is -2.44. The molecule has 0 saturated heterocycles. The lowest BCUT2D eigenvalue weighted by molar-refractivity contribution is -0.134. The summed E-state index contributed by atoms with van der Waals surface area (Å²) in [4.78, 5) is 12.2. The minimum Gasteiger partial charge on any atom is -0.486 e. The van der Waals surface area contributed by atoms with Gasteiger partial charge in [-0.1, -0.05) is 36.2 Å². The first-order chi connectivity index (χ1) is 8.72. The van der Waals surface area contributed by atoms with Crippen LogP contribution in [0.2, 0.25) is 0 Å². The molecule has 18 heavy (non-hydrogen) atoms. The SMILES string of the molecule is Cc1ccc(C2CCCCC23OC=CC3=O)cc1. The third-order valence-corrected chi connectivity index (χ3v) is 4.25. The molecule has 0 amide bonds. The Labute approximate surface area is 108 Å². The van der Waals surface area contributed by atoms with Gasteiger partial charge in [0.25, 0.3) is 0 Å². The number of aryl methyl sites for hydroxylation is 1. The summed E-state index contributed by atoms with van der Waals surface area (Å²) in [6.07, 6.45) is 7.31. The third-order valence-electron chi connectivity index (χ3n) is 4.25. The van der Waals surface area contributed by atoms with Crippen molar-refractivity contribution in [1.29, 1.82) is 0 Å². The Bertz CT molecular complexity index is 486. The predicted octanol–water partition coefficient (Wildman–Crippen LogP) is 3.50. The largest absolute Gasteiger partial charge is 0.486 e. The van der Waals surface area contributed by atoms with Gasteiger partial charge in [0.1, 0.15) is 0 Å². The van der Waals surface area contributed by atoms with Gasteiger partial charge in [0.05, 0.1) is 6.26 Å². The molecule has 2 unspecified atom stereocenters. The summed E-state index contributed by atoms with van der Waals surface area (Å²) in [5.74, 6) is 0.349. The first-order valence-corrected chi connectivity index (χ1v) is 6.68. The minimum absolute atomic E-state index is 0.146. The minimum atomic E-state index is -0.604.